The fourth-order valence-corrected chi connectivity index (χ4v) is 2.38. The van der Waals surface area contributed by atoms with Gasteiger partial charge in [-0.25, -0.2) is 4.79 Å². The largest absolute Gasteiger partial charge is 0.444 e. The van der Waals surface area contributed by atoms with E-state index in [1.54, 1.807) is 4.90 Å². The maximum atomic E-state index is 12.2. The van der Waals surface area contributed by atoms with Crippen LogP contribution in [0.25, 0.3) is 0 Å². The number of rotatable bonds is 1. The fraction of sp³-hybridized carbons (Fsp3) is 0.533. The van der Waals surface area contributed by atoms with Crippen LogP contribution in [0.5, 0.6) is 0 Å². The van der Waals surface area contributed by atoms with Gasteiger partial charge in [0.15, 0.2) is 0 Å². The third-order valence-electron chi connectivity index (χ3n) is 3.15. The zero-order chi connectivity index (χ0) is 14.0. The minimum absolute atomic E-state index is 0.0118. The molecule has 1 saturated heterocycles. The van der Waals surface area contributed by atoms with Crippen LogP contribution in [0.1, 0.15) is 38.8 Å². The van der Waals surface area contributed by atoms with E-state index in [9.17, 15) is 4.79 Å². The summed E-state index contributed by atoms with van der Waals surface area (Å²) in [4.78, 5) is 14.0. The van der Waals surface area contributed by atoms with Crippen LogP contribution in [0.4, 0.5) is 4.79 Å². The summed E-state index contributed by atoms with van der Waals surface area (Å²) in [6.07, 6.45) is 0.498. The molecule has 0 aliphatic carbocycles. The van der Waals surface area contributed by atoms with E-state index >= 15 is 0 Å². The lowest BCUT2D eigenvalue weighted by molar-refractivity contribution is 0.0223. The second-order valence-corrected chi connectivity index (χ2v) is 6.05. The zero-order valence-electron chi connectivity index (χ0n) is 11.8. The highest BCUT2D eigenvalue weighted by Crippen LogP contribution is 2.32. The van der Waals surface area contributed by atoms with Crippen LogP contribution >= 0.6 is 0 Å². The molecule has 4 heteroatoms. The molecule has 1 aliphatic heterocycles. The molecule has 2 N–H and O–H groups in total. The molecule has 1 fully saturated rings. The van der Waals surface area contributed by atoms with Crippen LogP contribution < -0.4 is 5.73 Å². The van der Waals surface area contributed by atoms with Crippen LogP contribution in [0, 0.1) is 0 Å². The second kappa shape index (κ2) is 5.21. The molecule has 19 heavy (non-hydrogen) atoms. The molecule has 0 bridgehead atoms. The van der Waals surface area contributed by atoms with Gasteiger partial charge < -0.3 is 10.5 Å². The van der Waals surface area contributed by atoms with Gasteiger partial charge in [-0.3, -0.25) is 4.90 Å². The average molecular weight is 262 g/mol. The first-order chi connectivity index (χ1) is 8.87. The van der Waals surface area contributed by atoms with E-state index in [0.717, 1.165) is 12.0 Å². The Morgan fingerprint density at radius 1 is 1.32 bits per heavy atom. The first-order valence-electron chi connectivity index (χ1n) is 6.67. The maximum Gasteiger partial charge on any atom is 0.410 e. The van der Waals surface area contributed by atoms with E-state index in [1.807, 2.05) is 51.1 Å². The number of hydrogen-bond acceptors (Lipinski definition) is 3. The molecule has 1 amide bonds. The summed E-state index contributed by atoms with van der Waals surface area (Å²) in [6, 6.07) is 10.0. The van der Waals surface area contributed by atoms with Gasteiger partial charge in [-0.1, -0.05) is 30.3 Å². The monoisotopic (exact) mass is 262 g/mol. The lowest BCUT2D eigenvalue weighted by Crippen LogP contribution is -2.38. The van der Waals surface area contributed by atoms with E-state index < -0.39 is 5.60 Å². The molecule has 0 unspecified atom stereocenters. The lowest BCUT2D eigenvalue weighted by Gasteiger charge is -2.28. The Hall–Kier alpha value is -1.55. The van der Waals surface area contributed by atoms with Crippen molar-refractivity contribution in [1.82, 2.24) is 4.90 Å². The molecule has 0 radical (unpaired) electrons. The lowest BCUT2D eigenvalue weighted by atomic mass is 10.0. The van der Waals surface area contributed by atoms with Gasteiger partial charge in [0.25, 0.3) is 0 Å². The van der Waals surface area contributed by atoms with Crippen molar-refractivity contribution >= 4 is 6.09 Å². The molecule has 2 atom stereocenters. The second-order valence-electron chi connectivity index (χ2n) is 6.05. The predicted molar refractivity (Wildman–Crippen MR) is 74.7 cm³/mol. The summed E-state index contributed by atoms with van der Waals surface area (Å²) >= 11 is 0. The average Bonchev–Trinajstić information content (AvgIpc) is 2.70. The molecule has 1 aromatic rings. The van der Waals surface area contributed by atoms with Gasteiger partial charge in [-0.05, 0) is 32.8 Å². The van der Waals surface area contributed by atoms with Gasteiger partial charge in [0.1, 0.15) is 5.60 Å². The van der Waals surface area contributed by atoms with Crippen molar-refractivity contribution in [2.24, 2.45) is 5.73 Å². The predicted octanol–water partition coefficient (Wildman–Crippen LogP) is 2.70. The molecule has 0 aromatic heterocycles. The first kappa shape index (κ1) is 13.9. The van der Waals surface area contributed by atoms with Crippen LogP contribution in [-0.2, 0) is 4.74 Å². The van der Waals surface area contributed by atoms with Crippen molar-refractivity contribution in [2.75, 3.05) is 6.54 Å². The number of likely N-dealkylation sites (tertiary alicyclic amines) is 1. The number of benzene rings is 1. The van der Waals surface area contributed by atoms with Crippen molar-refractivity contribution in [3.05, 3.63) is 35.9 Å². The van der Waals surface area contributed by atoms with Crippen molar-refractivity contribution in [3.8, 4) is 0 Å². The van der Waals surface area contributed by atoms with E-state index in [-0.39, 0.29) is 18.2 Å². The third-order valence-corrected chi connectivity index (χ3v) is 3.15. The van der Waals surface area contributed by atoms with Gasteiger partial charge in [0, 0.05) is 12.6 Å². The molecule has 104 valence electrons. The van der Waals surface area contributed by atoms with Gasteiger partial charge in [-0.2, -0.15) is 0 Å². The summed E-state index contributed by atoms with van der Waals surface area (Å²) in [5.41, 5.74) is 6.64. The van der Waals surface area contributed by atoms with Crippen molar-refractivity contribution in [3.63, 3.8) is 0 Å². The molecule has 0 saturated carbocycles. The molecule has 1 heterocycles. The molecular formula is C15H22N2O2. The van der Waals surface area contributed by atoms with Gasteiger partial charge in [0.05, 0.1) is 6.04 Å². The van der Waals surface area contributed by atoms with Crippen molar-refractivity contribution in [1.29, 1.82) is 0 Å². The number of carbonyl (C=O) groups is 1. The number of amides is 1. The van der Waals surface area contributed by atoms with E-state index in [4.69, 9.17) is 10.5 Å². The highest BCUT2D eigenvalue weighted by molar-refractivity contribution is 5.69. The highest BCUT2D eigenvalue weighted by Gasteiger charge is 2.36. The standard InChI is InChI=1S/C15H22N2O2/c1-15(2,3)19-14(18)17-10-12(16)9-13(17)11-7-5-4-6-8-11/h4-8,12-13H,9-10,16H2,1-3H3/t12-,13-/m0/s1. The zero-order valence-corrected chi connectivity index (χ0v) is 11.8. The van der Waals surface area contributed by atoms with Gasteiger partial charge in [-0.15, -0.1) is 0 Å². The van der Waals surface area contributed by atoms with Gasteiger partial charge >= 0.3 is 6.09 Å². The summed E-state index contributed by atoms with van der Waals surface area (Å²) in [5, 5.41) is 0. The summed E-state index contributed by atoms with van der Waals surface area (Å²) in [5.74, 6) is 0. The topological polar surface area (TPSA) is 55.6 Å². The number of nitrogens with two attached hydrogens (primary N) is 1. The summed E-state index contributed by atoms with van der Waals surface area (Å²) in [7, 11) is 0. The molecular weight excluding hydrogens is 240 g/mol. The van der Waals surface area contributed by atoms with Crippen molar-refractivity contribution in [2.45, 2.75) is 44.9 Å². The maximum absolute atomic E-state index is 12.2. The van der Waals surface area contributed by atoms with Crippen LogP contribution in [0.15, 0.2) is 30.3 Å². The van der Waals surface area contributed by atoms with E-state index in [1.165, 1.54) is 0 Å². The number of carbonyl (C=O) groups excluding carboxylic acids is 1. The minimum Gasteiger partial charge on any atom is -0.444 e. The van der Waals surface area contributed by atoms with Crippen LogP contribution in [0.3, 0.4) is 0 Å². The fourth-order valence-electron chi connectivity index (χ4n) is 2.38. The number of ether oxygens (including phenoxy) is 1. The third kappa shape index (κ3) is 3.47. The minimum atomic E-state index is -0.481. The Morgan fingerprint density at radius 2 is 1.95 bits per heavy atom. The number of nitrogens with zero attached hydrogens (tertiary/aromatic N) is 1. The molecule has 4 nitrogen and oxygen atoms in total. The van der Waals surface area contributed by atoms with Crippen LogP contribution in [0.2, 0.25) is 0 Å². The molecule has 2 rings (SSSR count). The highest BCUT2D eigenvalue weighted by atomic mass is 16.6. The Labute approximate surface area is 114 Å². The van der Waals surface area contributed by atoms with E-state index in [0.29, 0.717) is 6.54 Å². The smallest absolute Gasteiger partial charge is 0.410 e. The molecule has 1 aliphatic rings. The Kier molecular flexibility index (Phi) is 3.80. The molecule has 0 spiro atoms. The van der Waals surface area contributed by atoms with Gasteiger partial charge in [0.2, 0.25) is 0 Å². The Morgan fingerprint density at radius 3 is 2.53 bits per heavy atom. The Balaban J connectivity index is 2.16. The number of hydrogen-bond donors (Lipinski definition) is 1. The van der Waals surface area contributed by atoms with E-state index in [2.05, 4.69) is 0 Å². The summed E-state index contributed by atoms with van der Waals surface area (Å²) < 4.78 is 5.45. The summed E-state index contributed by atoms with van der Waals surface area (Å²) in [6.45, 7) is 6.17. The molecule has 1 aromatic carbocycles. The van der Waals surface area contributed by atoms with Crippen LogP contribution in [-0.4, -0.2) is 29.2 Å². The first-order valence-corrected chi connectivity index (χ1v) is 6.67. The normalized spacial score (nSPS) is 23.5. The SMILES string of the molecule is CC(C)(C)OC(=O)N1C[C@@H](N)C[C@H]1c1ccccc1. The Bertz CT molecular complexity index is 439. The van der Waals surface area contributed by atoms with Crippen molar-refractivity contribution < 1.29 is 9.53 Å². The quantitative estimate of drug-likeness (QED) is 0.846.